The van der Waals surface area contributed by atoms with Crippen molar-refractivity contribution in [2.24, 2.45) is 0 Å². The third-order valence-corrected chi connectivity index (χ3v) is 5.70. The van der Waals surface area contributed by atoms with Crippen molar-refractivity contribution in [2.75, 3.05) is 19.6 Å². The van der Waals surface area contributed by atoms with Crippen molar-refractivity contribution in [1.29, 1.82) is 0 Å². The van der Waals surface area contributed by atoms with E-state index in [0.717, 1.165) is 31.1 Å². The van der Waals surface area contributed by atoms with Crippen molar-refractivity contribution in [2.45, 2.75) is 30.1 Å². The molecule has 0 fully saturated rings. The second kappa shape index (κ2) is 9.10. The van der Waals surface area contributed by atoms with Crippen LogP contribution in [0.2, 0.25) is 5.02 Å². The molecule has 128 valence electrons. The van der Waals surface area contributed by atoms with Crippen LogP contribution in [0.25, 0.3) is 5.57 Å². The van der Waals surface area contributed by atoms with Crippen LogP contribution in [0.5, 0.6) is 0 Å². The molecule has 0 atom stereocenters. The summed E-state index contributed by atoms with van der Waals surface area (Å²) in [4.78, 5) is 5.08. The summed E-state index contributed by atoms with van der Waals surface area (Å²) in [7, 11) is 0. The van der Waals surface area contributed by atoms with Gasteiger partial charge >= 0.3 is 0 Å². The van der Waals surface area contributed by atoms with Gasteiger partial charge in [0, 0.05) is 21.4 Å². The second-order valence-electron chi connectivity index (χ2n) is 5.67. The molecule has 0 bridgehead atoms. The molecule has 4 heteroatoms. The number of hydrogen-bond donors (Lipinski definition) is 0. The van der Waals surface area contributed by atoms with E-state index < -0.39 is 0 Å². The number of halogens is 2. The monoisotopic (exact) mass is 423 g/mol. The van der Waals surface area contributed by atoms with Crippen LogP contribution in [0.4, 0.5) is 0 Å². The molecule has 2 aromatic rings. The lowest BCUT2D eigenvalue weighted by Gasteiger charge is -2.23. The van der Waals surface area contributed by atoms with Crippen LogP contribution in [-0.2, 0) is 0 Å². The Balaban J connectivity index is 0.00000208. The van der Waals surface area contributed by atoms with Gasteiger partial charge in [0.2, 0.25) is 0 Å². The molecule has 3 rings (SSSR count). The quantitative estimate of drug-likeness (QED) is 0.457. The molecule has 0 aromatic heterocycles. The molecule has 0 amide bonds. The van der Waals surface area contributed by atoms with Gasteiger partial charge in [0.25, 0.3) is 0 Å². The van der Waals surface area contributed by atoms with E-state index in [4.69, 9.17) is 11.6 Å². The van der Waals surface area contributed by atoms with Crippen molar-refractivity contribution in [3.63, 3.8) is 0 Å². The Labute approximate surface area is 164 Å². The Morgan fingerprint density at radius 2 is 1.71 bits per heavy atom. The largest absolute Gasteiger partial charge is 0.304 e. The summed E-state index contributed by atoms with van der Waals surface area (Å²) in [6.07, 6.45) is 3.44. The number of hydrogen-bond acceptors (Lipinski definition) is 2. The first kappa shape index (κ1) is 19.6. The van der Waals surface area contributed by atoms with Crippen molar-refractivity contribution >= 4 is 45.9 Å². The Hall–Kier alpha value is -0.740. The molecule has 1 heterocycles. The molecule has 1 aliphatic heterocycles. The van der Waals surface area contributed by atoms with Crippen LogP contribution in [0, 0.1) is 0 Å². The SMILES string of the molecule is Br.CCN(CC)CC/C=C1\c2ccccc2Sc2ccc(Cl)cc21. The average molecular weight is 425 g/mol. The lowest BCUT2D eigenvalue weighted by atomic mass is 9.96. The Morgan fingerprint density at radius 3 is 2.46 bits per heavy atom. The molecule has 0 unspecified atom stereocenters. The van der Waals surface area contributed by atoms with E-state index in [-0.39, 0.29) is 17.0 Å². The van der Waals surface area contributed by atoms with E-state index in [0.29, 0.717) is 0 Å². The topological polar surface area (TPSA) is 3.24 Å². The smallest absolute Gasteiger partial charge is 0.0412 e. The summed E-state index contributed by atoms with van der Waals surface area (Å²) >= 11 is 8.09. The summed E-state index contributed by atoms with van der Waals surface area (Å²) in [5, 5.41) is 0.804. The highest BCUT2D eigenvalue weighted by Gasteiger charge is 2.20. The fourth-order valence-electron chi connectivity index (χ4n) is 2.99. The molecule has 24 heavy (non-hydrogen) atoms. The molecular formula is C20H23BrClNS. The van der Waals surface area contributed by atoms with Crippen molar-refractivity contribution in [3.05, 3.63) is 64.7 Å². The fourth-order valence-corrected chi connectivity index (χ4v) is 4.25. The van der Waals surface area contributed by atoms with E-state index in [9.17, 15) is 0 Å². The molecule has 2 aromatic carbocycles. The minimum Gasteiger partial charge on any atom is -0.304 e. The Bertz CT molecular complexity index is 725. The maximum absolute atomic E-state index is 6.25. The Morgan fingerprint density at radius 1 is 1.00 bits per heavy atom. The number of rotatable bonds is 5. The van der Waals surface area contributed by atoms with Gasteiger partial charge in [0.15, 0.2) is 0 Å². The minimum absolute atomic E-state index is 0. The lowest BCUT2D eigenvalue weighted by Crippen LogP contribution is -2.23. The first-order valence-electron chi connectivity index (χ1n) is 8.22. The highest BCUT2D eigenvalue weighted by molar-refractivity contribution is 8.93. The van der Waals surface area contributed by atoms with Gasteiger partial charge in [0.05, 0.1) is 0 Å². The Kier molecular flexibility index (Phi) is 7.42. The highest BCUT2D eigenvalue weighted by Crippen LogP contribution is 2.46. The zero-order valence-electron chi connectivity index (χ0n) is 14.1. The van der Waals surface area contributed by atoms with E-state index in [1.54, 1.807) is 0 Å². The average Bonchev–Trinajstić information content (AvgIpc) is 2.58. The van der Waals surface area contributed by atoms with Crippen molar-refractivity contribution < 1.29 is 0 Å². The van der Waals surface area contributed by atoms with Gasteiger partial charge in [-0.15, -0.1) is 17.0 Å². The van der Waals surface area contributed by atoms with Crippen LogP contribution < -0.4 is 0 Å². The van der Waals surface area contributed by atoms with E-state index in [2.05, 4.69) is 61.2 Å². The predicted octanol–water partition coefficient (Wildman–Crippen LogP) is 6.55. The summed E-state index contributed by atoms with van der Waals surface area (Å²) in [6.45, 7) is 7.75. The molecule has 0 aliphatic carbocycles. The summed E-state index contributed by atoms with van der Waals surface area (Å²) < 4.78 is 0. The first-order valence-corrected chi connectivity index (χ1v) is 9.42. The van der Waals surface area contributed by atoms with Gasteiger partial charge in [-0.3, -0.25) is 0 Å². The summed E-state index contributed by atoms with van der Waals surface area (Å²) in [5.41, 5.74) is 3.91. The zero-order chi connectivity index (χ0) is 16.2. The van der Waals surface area contributed by atoms with Gasteiger partial charge < -0.3 is 4.90 Å². The molecule has 1 nitrogen and oxygen atoms in total. The molecule has 0 radical (unpaired) electrons. The fraction of sp³-hybridized carbons (Fsp3) is 0.300. The van der Waals surface area contributed by atoms with Crippen LogP contribution in [0.1, 0.15) is 31.4 Å². The van der Waals surface area contributed by atoms with Crippen molar-refractivity contribution in [3.8, 4) is 0 Å². The lowest BCUT2D eigenvalue weighted by molar-refractivity contribution is 0.310. The van der Waals surface area contributed by atoms with Gasteiger partial charge in [-0.05, 0) is 60.5 Å². The van der Waals surface area contributed by atoms with Crippen LogP contribution in [-0.4, -0.2) is 24.5 Å². The number of nitrogens with zero attached hydrogens (tertiary/aromatic N) is 1. The zero-order valence-corrected chi connectivity index (χ0v) is 17.4. The number of benzene rings is 2. The van der Waals surface area contributed by atoms with Crippen LogP contribution in [0.15, 0.2) is 58.3 Å². The predicted molar refractivity (Wildman–Crippen MR) is 112 cm³/mol. The van der Waals surface area contributed by atoms with Gasteiger partial charge in [-0.2, -0.15) is 0 Å². The van der Waals surface area contributed by atoms with Crippen LogP contribution in [0.3, 0.4) is 0 Å². The maximum Gasteiger partial charge on any atom is 0.0412 e. The summed E-state index contributed by atoms with van der Waals surface area (Å²) in [6, 6.07) is 14.9. The minimum atomic E-state index is 0. The van der Waals surface area contributed by atoms with E-state index >= 15 is 0 Å². The molecule has 0 saturated heterocycles. The van der Waals surface area contributed by atoms with E-state index in [1.807, 2.05) is 17.8 Å². The maximum atomic E-state index is 6.25. The third kappa shape index (κ3) is 4.26. The second-order valence-corrected chi connectivity index (χ2v) is 7.19. The summed E-state index contributed by atoms with van der Waals surface area (Å²) in [5.74, 6) is 0. The molecule has 0 spiro atoms. The molecule has 0 saturated carbocycles. The van der Waals surface area contributed by atoms with E-state index in [1.165, 1.54) is 26.5 Å². The third-order valence-electron chi connectivity index (χ3n) is 4.32. The molecule has 1 aliphatic rings. The normalized spacial score (nSPS) is 14.2. The van der Waals surface area contributed by atoms with Gasteiger partial charge in [-0.25, -0.2) is 0 Å². The highest BCUT2D eigenvalue weighted by atomic mass is 79.9. The standard InChI is InChI=1S/C20H22ClNS.BrH/c1-3-22(4-2)13-7-9-16-17-8-5-6-10-19(17)23-20-12-11-15(21)14-18(16)20;/h5-6,8-12,14H,3-4,7,13H2,1-2H3;1H/b16-9+;. The first-order chi connectivity index (χ1) is 11.2. The van der Waals surface area contributed by atoms with Gasteiger partial charge in [-0.1, -0.05) is 61.5 Å². The van der Waals surface area contributed by atoms with Crippen LogP contribution >= 0.6 is 40.3 Å². The molecule has 0 N–H and O–H groups in total. The van der Waals surface area contributed by atoms with Crippen molar-refractivity contribution in [1.82, 2.24) is 4.90 Å². The van der Waals surface area contributed by atoms with Gasteiger partial charge in [0.1, 0.15) is 0 Å². The number of fused-ring (bicyclic) bond motifs is 2. The molecular weight excluding hydrogens is 402 g/mol.